The monoisotopic (exact) mass is 561 g/mol. The maximum absolute atomic E-state index is 13.6. The lowest BCUT2D eigenvalue weighted by Gasteiger charge is -2.33. The van der Waals surface area contributed by atoms with Crippen LogP contribution in [0.25, 0.3) is 0 Å². The SMILES string of the molecule is CC[C@@H](C)NC(=O)[C@H](CC)N(Cc1ccccc1)C(=O)CN(c1ccc(Cl)c(C(F)(F)F)c1)S(C)(=O)=O. The predicted molar refractivity (Wildman–Crippen MR) is 138 cm³/mol. The second-order valence-electron chi connectivity index (χ2n) is 8.68. The molecule has 0 radical (unpaired) electrons. The van der Waals surface area contributed by atoms with Gasteiger partial charge in [0.15, 0.2) is 0 Å². The van der Waals surface area contributed by atoms with Gasteiger partial charge in [-0.2, -0.15) is 13.2 Å². The molecular weight excluding hydrogens is 531 g/mol. The highest BCUT2D eigenvalue weighted by molar-refractivity contribution is 7.92. The van der Waals surface area contributed by atoms with E-state index < -0.39 is 51.2 Å². The van der Waals surface area contributed by atoms with Gasteiger partial charge in [-0.05, 0) is 43.5 Å². The van der Waals surface area contributed by atoms with Crippen LogP contribution in [0.2, 0.25) is 5.02 Å². The van der Waals surface area contributed by atoms with Crippen molar-refractivity contribution in [2.45, 2.75) is 58.4 Å². The first-order chi connectivity index (χ1) is 17.2. The van der Waals surface area contributed by atoms with E-state index in [-0.39, 0.29) is 24.7 Å². The van der Waals surface area contributed by atoms with Gasteiger partial charge in [0.2, 0.25) is 21.8 Å². The molecule has 1 N–H and O–H groups in total. The smallest absolute Gasteiger partial charge is 0.352 e. The summed E-state index contributed by atoms with van der Waals surface area (Å²) in [6.07, 6.45) is -3.15. The third-order valence-corrected chi connectivity index (χ3v) is 7.28. The van der Waals surface area contributed by atoms with Crippen molar-refractivity contribution in [3.63, 3.8) is 0 Å². The molecule has 0 saturated heterocycles. The number of carbonyl (C=O) groups is 2. The lowest BCUT2D eigenvalue weighted by atomic mass is 10.1. The first-order valence-electron chi connectivity index (χ1n) is 11.7. The number of hydrogen-bond acceptors (Lipinski definition) is 4. The molecule has 0 bridgehead atoms. The second kappa shape index (κ2) is 12.6. The van der Waals surface area contributed by atoms with Gasteiger partial charge in [-0.1, -0.05) is 55.8 Å². The summed E-state index contributed by atoms with van der Waals surface area (Å²) in [5.74, 6) is -1.15. The second-order valence-corrected chi connectivity index (χ2v) is 11.0. The molecule has 0 fully saturated rings. The van der Waals surface area contributed by atoms with Crippen LogP contribution >= 0.6 is 11.6 Å². The fraction of sp³-hybridized carbons (Fsp3) is 0.440. The first kappa shape index (κ1) is 30.4. The van der Waals surface area contributed by atoms with Crippen LogP contribution in [0.3, 0.4) is 0 Å². The number of halogens is 4. The Balaban J connectivity index is 2.50. The Labute approximate surface area is 220 Å². The van der Waals surface area contributed by atoms with Crippen molar-refractivity contribution in [2.24, 2.45) is 0 Å². The molecule has 2 aromatic carbocycles. The predicted octanol–water partition coefficient (Wildman–Crippen LogP) is 4.85. The summed E-state index contributed by atoms with van der Waals surface area (Å²) in [5.41, 5.74) is -0.903. The number of nitrogens with one attached hydrogen (secondary N) is 1. The van der Waals surface area contributed by atoms with Gasteiger partial charge in [0.05, 0.1) is 22.5 Å². The summed E-state index contributed by atoms with van der Waals surface area (Å²) in [6.45, 7) is 4.62. The summed E-state index contributed by atoms with van der Waals surface area (Å²) in [5, 5.41) is 2.24. The Morgan fingerprint density at radius 2 is 1.68 bits per heavy atom. The first-order valence-corrected chi connectivity index (χ1v) is 13.9. The Morgan fingerprint density at radius 3 is 2.19 bits per heavy atom. The molecule has 204 valence electrons. The number of rotatable bonds is 11. The molecule has 0 saturated carbocycles. The molecule has 0 unspecified atom stereocenters. The Kier molecular flexibility index (Phi) is 10.4. The quantitative estimate of drug-likeness (QED) is 0.425. The van der Waals surface area contributed by atoms with Crippen molar-refractivity contribution < 1.29 is 31.2 Å². The van der Waals surface area contributed by atoms with Gasteiger partial charge in [-0.25, -0.2) is 8.42 Å². The van der Waals surface area contributed by atoms with E-state index in [1.807, 2.05) is 13.8 Å². The highest BCUT2D eigenvalue weighted by atomic mass is 35.5. The molecule has 0 aromatic heterocycles. The number of benzene rings is 2. The molecule has 2 aromatic rings. The number of nitrogens with zero attached hydrogens (tertiary/aromatic N) is 2. The highest BCUT2D eigenvalue weighted by Crippen LogP contribution is 2.37. The van der Waals surface area contributed by atoms with E-state index in [1.54, 1.807) is 37.3 Å². The third-order valence-electron chi connectivity index (χ3n) is 5.81. The zero-order valence-electron chi connectivity index (χ0n) is 21.0. The molecule has 37 heavy (non-hydrogen) atoms. The van der Waals surface area contributed by atoms with E-state index in [1.165, 1.54) is 4.90 Å². The van der Waals surface area contributed by atoms with Gasteiger partial charge in [0.25, 0.3) is 0 Å². The van der Waals surface area contributed by atoms with Crippen molar-refractivity contribution in [1.82, 2.24) is 10.2 Å². The lowest BCUT2D eigenvalue weighted by molar-refractivity contribution is -0.140. The van der Waals surface area contributed by atoms with Gasteiger partial charge >= 0.3 is 6.18 Å². The van der Waals surface area contributed by atoms with Gasteiger partial charge in [-0.3, -0.25) is 13.9 Å². The molecule has 7 nitrogen and oxygen atoms in total. The van der Waals surface area contributed by atoms with E-state index in [4.69, 9.17) is 11.6 Å². The molecule has 0 aliphatic carbocycles. The number of anilines is 1. The van der Waals surface area contributed by atoms with Crippen LogP contribution in [0.1, 0.15) is 44.7 Å². The molecule has 0 heterocycles. The van der Waals surface area contributed by atoms with E-state index in [9.17, 15) is 31.2 Å². The fourth-order valence-electron chi connectivity index (χ4n) is 3.64. The van der Waals surface area contributed by atoms with Crippen LogP contribution in [-0.2, 0) is 32.3 Å². The van der Waals surface area contributed by atoms with Crippen molar-refractivity contribution >= 4 is 39.1 Å². The highest BCUT2D eigenvalue weighted by Gasteiger charge is 2.36. The van der Waals surface area contributed by atoms with Crippen LogP contribution in [0.5, 0.6) is 0 Å². The number of sulfonamides is 1. The van der Waals surface area contributed by atoms with Gasteiger partial charge in [0.1, 0.15) is 12.6 Å². The maximum atomic E-state index is 13.6. The van der Waals surface area contributed by atoms with Gasteiger partial charge in [-0.15, -0.1) is 0 Å². The number of alkyl halides is 3. The fourth-order valence-corrected chi connectivity index (χ4v) is 4.71. The topological polar surface area (TPSA) is 86.8 Å². The standard InChI is InChI=1S/C25H31ClF3N3O4S/c1-5-17(3)30-24(34)22(6-2)31(15-18-10-8-7-9-11-18)23(33)16-32(37(4,35)36)19-12-13-21(26)20(14-19)25(27,28)29/h7-14,17,22H,5-6,15-16H2,1-4H3,(H,30,34)/t17-,22+/m1/s1. The molecule has 2 atom stereocenters. The Morgan fingerprint density at radius 1 is 1.05 bits per heavy atom. The summed E-state index contributed by atoms with van der Waals surface area (Å²) < 4.78 is 66.1. The number of amides is 2. The number of carbonyl (C=O) groups excluding carboxylic acids is 2. The molecule has 2 amide bonds. The normalized spacial score (nSPS) is 13.5. The van der Waals surface area contributed by atoms with Crippen molar-refractivity contribution in [3.8, 4) is 0 Å². The van der Waals surface area contributed by atoms with Crippen LogP contribution in [-0.4, -0.2) is 50.0 Å². The average Bonchev–Trinajstić information content (AvgIpc) is 2.81. The molecule has 0 aliphatic heterocycles. The minimum absolute atomic E-state index is 0.00186. The average molecular weight is 562 g/mol. The Bertz CT molecular complexity index is 1190. The van der Waals surface area contributed by atoms with Crippen molar-refractivity contribution in [3.05, 3.63) is 64.7 Å². The molecule has 0 spiro atoms. The summed E-state index contributed by atoms with van der Waals surface area (Å²) in [7, 11) is -4.20. The van der Waals surface area contributed by atoms with Crippen LogP contribution in [0.15, 0.2) is 48.5 Å². The van der Waals surface area contributed by atoms with Crippen LogP contribution < -0.4 is 9.62 Å². The zero-order chi connectivity index (χ0) is 28.0. The molecule has 0 aliphatic rings. The van der Waals surface area contributed by atoms with E-state index >= 15 is 0 Å². The zero-order valence-corrected chi connectivity index (χ0v) is 22.6. The minimum atomic E-state index is -4.83. The van der Waals surface area contributed by atoms with E-state index in [0.717, 1.165) is 18.4 Å². The third kappa shape index (κ3) is 8.36. The largest absolute Gasteiger partial charge is 0.417 e. The Hall–Kier alpha value is -2.79. The van der Waals surface area contributed by atoms with Crippen molar-refractivity contribution in [1.29, 1.82) is 0 Å². The molecular formula is C25H31ClF3N3O4S. The van der Waals surface area contributed by atoms with Crippen LogP contribution in [0, 0.1) is 0 Å². The minimum Gasteiger partial charge on any atom is -0.352 e. The van der Waals surface area contributed by atoms with E-state index in [2.05, 4.69) is 5.32 Å². The van der Waals surface area contributed by atoms with Gasteiger partial charge in [0, 0.05) is 12.6 Å². The van der Waals surface area contributed by atoms with Gasteiger partial charge < -0.3 is 10.2 Å². The van der Waals surface area contributed by atoms with Crippen LogP contribution in [0.4, 0.5) is 18.9 Å². The summed E-state index contributed by atoms with van der Waals surface area (Å²) in [6, 6.07) is 10.3. The summed E-state index contributed by atoms with van der Waals surface area (Å²) in [4.78, 5) is 27.9. The maximum Gasteiger partial charge on any atom is 0.417 e. The van der Waals surface area contributed by atoms with Crippen molar-refractivity contribution in [2.75, 3.05) is 17.1 Å². The molecule has 12 heteroatoms. The summed E-state index contributed by atoms with van der Waals surface area (Å²) >= 11 is 5.69. The molecule has 2 rings (SSSR count). The van der Waals surface area contributed by atoms with E-state index in [0.29, 0.717) is 22.4 Å². The number of hydrogen-bond donors (Lipinski definition) is 1. The lowest BCUT2D eigenvalue weighted by Crippen LogP contribution is -2.53.